The van der Waals surface area contributed by atoms with Gasteiger partial charge in [0.05, 0.1) is 38.6 Å². The summed E-state index contributed by atoms with van der Waals surface area (Å²) in [6.07, 6.45) is 25.9. The Labute approximate surface area is 498 Å². The fraction of sp³-hybridized carbons (Fsp3) is 0.891. The number of carbonyl (C=O) groups excluding carboxylic acids is 1. The van der Waals surface area contributed by atoms with Crippen LogP contribution in [0.4, 0.5) is 0 Å². The van der Waals surface area contributed by atoms with Crippen molar-refractivity contribution in [2.45, 2.75) is 336 Å². The Balaban J connectivity index is 1.40. The highest BCUT2D eigenvalue weighted by atomic mass is 16.8. The van der Waals surface area contributed by atoms with E-state index in [0.29, 0.717) is 12.8 Å². The summed E-state index contributed by atoms with van der Waals surface area (Å²) in [6, 6.07) is -0.992. The van der Waals surface area contributed by atoms with Crippen molar-refractivity contribution in [2.75, 3.05) is 26.4 Å². The lowest BCUT2D eigenvalue weighted by atomic mass is 9.96. The molecule has 3 fully saturated rings. The van der Waals surface area contributed by atoms with Crippen molar-refractivity contribution in [1.29, 1.82) is 0 Å². The first kappa shape index (κ1) is 75.3. The molecule has 19 nitrogen and oxygen atoms in total. The van der Waals surface area contributed by atoms with E-state index in [9.17, 15) is 61.0 Å². The van der Waals surface area contributed by atoms with Gasteiger partial charge in [-0.15, -0.1) is 0 Å². The van der Waals surface area contributed by atoms with Gasteiger partial charge in [0, 0.05) is 6.42 Å². The molecule has 3 heterocycles. The molecule has 3 aliphatic heterocycles. The predicted octanol–water partition coefficient (Wildman–Crippen LogP) is 7.27. The van der Waals surface area contributed by atoms with Crippen LogP contribution in [0.1, 0.15) is 232 Å². The maximum absolute atomic E-state index is 13.3. The molecule has 1 amide bonds. The van der Waals surface area contributed by atoms with E-state index in [4.69, 9.17) is 28.4 Å². The molecule has 0 spiro atoms. The highest BCUT2D eigenvalue weighted by Crippen LogP contribution is 2.33. The molecule has 0 aromatic carbocycles. The normalized spacial score (nSPS) is 29.6. The number of hydrogen-bond donors (Lipinski definition) is 12. The van der Waals surface area contributed by atoms with E-state index in [-0.39, 0.29) is 18.9 Å². The van der Waals surface area contributed by atoms with Crippen LogP contribution in [0, 0.1) is 0 Å². The van der Waals surface area contributed by atoms with Gasteiger partial charge in [0.15, 0.2) is 18.9 Å². The maximum atomic E-state index is 13.3. The van der Waals surface area contributed by atoms with Gasteiger partial charge in [0.25, 0.3) is 0 Å². The topological polar surface area (TPSA) is 307 Å². The van der Waals surface area contributed by atoms with Crippen molar-refractivity contribution in [3.8, 4) is 0 Å². The molecule has 486 valence electrons. The number of rotatable bonds is 49. The third-order valence-corrected chi connectivity index (χ3v) is 16.4. The van der Waals surface area contributed by atoms with Crippen molar-refractivity contribution in [3.05, 3.63) is 36.5 Å². The molecule has 0 radical (unpaired) electrons. The number of allylic oxidation sites excluding steroid dienone is 5. The Morgan fingerprint density at radius 3 is 1.18 bits per heavy atom. The maximum Gasteiger partial charge on any atom is 0.220 e. The molecule has 0 bridgehead atoms. The lowest BCUT2D eigenvalue weighted by molar-refractivity contribution is -0.379. The Morgan fingerprint density at radius 2 is 0.771 bits per heavy atom. The summed E-state index contributed by atoms with van der Waals surface area (Å²) in [7, 11) is 0. The van der Waals surface area contributed by atoms with Gasteiger partial charge in [-0.3, -0.25) is 4.79 Å². The second kappa shape index (κ2) is 47.1. The monoisotopic (exact) mass is 1190 g/mol. The Bertz CT molecular complexity index is 1660. The van der Waals surface area contributed by atoms with Crippen LogP contribution in [0.25, 0.3) is 0 Å². The number of carbonyl (C=O) groups is 1. The molecule has 17 unspecified atom stereocenters. The molecular weight excluding hydrogens is 1070 g/mol. The summed E-state index contributed by atoms with van der Waals surface area (Å²) < 4.78 is 34.2. The number of amides is 1. The Hall–Kier alpha value is -1.99. The molecule has 83 heavy (non-hydrogen) atoms. The summed E-state index contributed by atoms with van der Waals surface area (Å²) in [6.45, 7) is 1.63. The predicted molar refractivity (Wildman–Crippen MR) is 319 cm³/mol. The van der Waals surface area contributed by atoms with Gasteiger partial charge in [-0.2, -0.15) is 0 Å². The van der Waals surface area contributed by atoms with Crippen molar-refractivity contribution in [1.82, 2.24) is 5.32 Å². The zero-order valence-corrected chi connectivity index (χ0v) is 50.9. The zero-order valence-electron chi connectivity index (χ0n) is 50.9. The lowest BCUT2D eigenvalue weighted by Gasteiger charge is -2.48. The molecule has 0 aromatic heterocycles. The molecule has 3 saturated heterocycles. The molecule has 3 rings (SSSR count). The number of unbranched alkanes of at least 4 members (excludes halogenated alkanes) is 29. The highest BCUT2D eigenvalue weighted by Gasteiger charge is 2.53. The van der Waals surface area contributed by atoms with Crippen LogP contribution >= 0.6 is 0 Å². The van der Waals surface area contributed by atoms with Gasteiger partial charge in [-0.25, -0.2) is 0 Å². The number of aliphatic hydroxyl groups excluding tert-OH is 11. The largest absolute Gasteiger partial charge is 0.394 e. The van der Waals surface area contributed by atoms with Crippen molar-refractivity contribution in [2.24, 2.45) is 0 Å². The molecule has 0 aromatic rings. The van der Waals surface area contributed by atoms with Crippen molar-refractivity contribution >= 4 is 5.91 Å². The van der Waals surface area contributed by atoms with Gasteiger partial charge in [-0.05, 0) is 38.5 Å². The molecule has 0 saturated carbocycles. The van der Waals surface area contributed by atoms with Crippen LogP contribution in [0.15, 0.2) is 36.5 Å². The van der Waals surface area contributed by atoms with Crippen LogP contribution in [0.5, 0.6) is 0 Å². The van der Waals surface area contributed by atoms with Crippen molar-refractivity contribution in [3.63, 3.8) is 0 Å². The molecular formula is C64H117NO18. The van der Waals surface area contributed by atoms with E-state index < -0.39 is 124 Å². The van der Waals surface area contributed by atoms with Crippen molar-refractivity contribution < 1.29 is 89.4 Å². The molecule has 0 aliphatic carbocycles. The Kier molecular flexibility index (Phi) is 42.7. The standard InChI is InChI=1S/C64H117NO18/c1-3-5-7-9-11-13-15-16-17-18-19-20-21-22-23-24-25-26-27-28-29-30-32-34-36-38-40-42-52(70)65-47(48(69)41-39-37-35-33-31-14-12-10-8-6-4-2)46-78-62-58(76)55(73)60(50(44-67)80-62)83-64-59(77)56(74)61(51(45-68)81-64)82-63-57(75)54(72)53(71)49(43-66)79-63/h8,10,31,33,39,41,47-51,53-64,66-69,71-77H,3-7,9,11-30,32,34-38,40,42-46H2,1-2H3,(H,65,70)/b10-8+,33-31+,41-39+. The van der Waals surface area contributed by atoms with Gasteiger partial charge < -0.3 is 89.9 Å². The summed E-state index contributed by atoms with van der Waals surface area (Å²) >= 11 is 0. The lowest BCUT2D eigenvalue weighted by Crippen LogP contribution is -2.66. The smallest absolute Gasteiger partial charge is 0.220 e. The summed E-state index contributed by atoms with van der Waals surface area (Å²) in [5.41, 5.74) is 0. The minimum atomic E-state index is -1.98. The van der Waals surface area contributed by atoms with Gasteiger partial charge in [0.1, 0.15) is 73.2 Å². The summed E-state index contributed by atoms with van der Waals surface area (Å²) in [5.74, 6) is -0.288. The zero-order chi connectivity index (χ0) is 60.5. The van der Waals surface area contributed by atoms with E-state index >= 15 is 0 Å². The van der Waals surface area contributed by atoms with E-state index in [1.54, 1.807) is 6.08 Å². The first-order valence-electron chi connectivity index (χ1n) is 32.7. The molecule has 3 aliphatic rings. The number of nitrogens with one attached hydrogen (secondary N) is 1. The van der Waals surface area contributed by atoms with E-state index in [1.807, 2.05) is 6.08 Å². The minimum absolute atomic E-state index is 0.235. The van der Waals surface area contributed by atoms with Gasteiger partial charge >= 0.3 is 0 Å². The number of aliphatic hydroxyl groups is 11. The first-order chi connectivity index (χ1) is 40.3. The molecule has 19 heteroatoms. The second-order valence-corrected chi connectivity index (χ2v) is 23.6. The van der Waals surface area contributed by atoms with Gasteiger partial charge in [0.2, 0.25) is 5.91 Å². The Morgan fingerprint density at radius 1 is 0.422 bits per heavy atom. The average Bonchev–Trinajstić information content (AvgIpc) is 3.64. The van der Waals surface area contributed by atoms with Crippen LogP contribution in [-0.4, -0.2) is 193 Å². The SMILES string of the molecule is CCC/C=C/CC/C=C/CC/C=C/C(O)C(COC1OC(CO)C(OC2OC(CO)C(OC3OC(CO)C(O)C(O)C3O)C(O)C2O)C(O)C1O)NC(=O)CCCCCCCCCCCCCCCCCCCCCCCCCCCCC. The molecule has 12 N–H and O–H groups in total. The fourth-order valence-corrected chi connectivity index (χ4v) is 11.1. The third-order valence-electron chi connectivity index (χ3n) is 16.4. The van der Waals surface area contributed by atoms with Crippen LogP contribution < -0.4 is 5.32 Å². The minimum Gasteiger partial charge on any atom is -0.394 e. The quantitative estimate of drug-likeness (QED) is 0.0211. The van der Waals surface area contributed by atoms with E-state index in [2.05, 4.69) is 43.5 Å². The average molecular weight is 1190 g/mol. The van der Waals surface area contributed by atoms with E-state index in [1.165, 1.54) is 148 Å². The second-order valence-electron chi connectivity index (χ2n) is 23.6. The van der Waals surface area contributed by atoms with Crippen LogP contribution in [-0.2, 0) is 33.2 Å². The third kappa shape index (κ3) is 30.2. The van der Waals surface area contributed by atoms with Crippen LogP contribution in [0.3, 0.4) is 0 Å². The molecule has 17 atom stereocenters. The fourth-order valence-electron chi connectivity index (χ4n) is 11.1. The summed E-state index contributed by atoms with van der Waals surface area (Å²) in [4.78, 5) is 13.3. The highest BCUT2D eigenvalue weighted by molar-refractivity contribution is 5.76. The first-order valence-corrected chi connectivity index (χ1v) is 32.7. The number of ether oxygens (including phenoxy) is 6. The number of hydrogen-bond acceptors (Lipinski definition) is 18. The van der Waals surface area contributed by atoms with Gasteiger partial charge in [-0.1, -0.05) is 224 Å². The van der Waals surface area contributed by atoms with E-state index in [0.717, 1.165) is 51.4 Å². The summed E-state index contributed by atoms with van der Waals surface area (Å²) in [5, 5.41) is 120. The van der Waals surface area contributed by atoms with Crippen LogP contribution in [0.2, 0.25) is 0 Å².